The zero-order valence-electron chi connectivity index (χ0n) is 10.1. The standard InChI is InChI=1S/C13H15N3O/c1-3-11-8-12(4-2)16(15-11)13-10(9-17)6-5-7-14-13/h5-9H,3-4H2,1-2H3. The number of aldehydes is 1. The Labute approximate surface area is 100 Å². The van der Waals surface area contributed by atoms with E-state index in [-0.39, 0.29) is 0 Å². The van der Waals surface area contributed by atoms with Gasteiger partial charge in [0.25, 0.3) is 0 Å². The van der Waals surface area contributed by atoms with Gasteiger partial charge in [0.15, 0.2) is 12.1 Å². The zero-order chi connectivity index (χ0) is 12.3. The second kappa shape index (κ2) is 4.91. The maximum atomic E-state index is 11.0. The van der Waals surface area contributed by atoms with Gasteiger partial charge in [-0.3, -0.25) is 4.79 Å². The molecule has 0 aliphatic heterocycles. The van der Waals surface area contributed by atoms with Crippen molar-refractivity contribution in [2.24, 2.45) is 0 Å². The zero-order valence-corrected chi connectivity index (χ0v) is 10.1. The molecule has 0 unspecified atom stereocenters. The number of aromatic nitrogens is 3. The molecule has 4 heteroatoms. The number of carbonyl (C=O) groups excluding carboxylic acids is 1. The van der Waals surface area contributed by atoms with E-state index in [0.29, 0.717) is 11.4 Å². The maximum Gasteiger partial charge on any atom is 0.164 e. The van der Waals surface area contributed by atoms with Crippen LogP contribution < -0.4 is 0 Å². The molecule has 2 heterocycles. The second-order valence-electron chi connectivity index (χ2n) is 3.78. The molecule has 0 amide bonds. The normalized spacial score (nSPS) is 10.5. The number of carbonyl (C=O) groups is 1. The van der Waals surface area contributed by atoms with Crippen LogP contribution in [0, 0.1) is 0 Å². The number of hydrogen-bond donors (Lipinski definition) is 0. The molecular weight excluding hydrogens is 214 g/mol. The summed E-state index contributed by atoms with van der Waals surface area (Å²) in [5.41, 5.74) is 2.65. The van der Waals surface area contributed by atoms with Gasteiger partial charge in [0, 0.05) is 11.9 Å². The Morgan fingerprint density at radius 1 is 1.35 bits per heavy atom. The largest absolute Gasteiger partial charge is 0.298 e. The van der Waals surface area contributed by atoms with Crippen LogP contribution in [0.25, 0.3) is 5.82 Å². The molecule has 0 aliphatic carbocycles. The molecule has 0 radical (unpaired) electrons. The number of nitrogens with zero attached hydrogens (tertiary/aromatic N) is 3. The van der Waals surface area contributed by atoms with Crippen LogP contribution in [0.5, 0.6) is 0 Å². The molecule has 0 atom stereocenters. The molecule has 0 fully saturated rings. The number of hydrogen-bond acceptors (Lipinski definition) is 3. The Kier molecular flexibility index (Phi) is 3.32. The van der Waals surface area contributed by atoms with Gasteiger partial charge < -0.3 is 0 Å². The van der Waals surface area contributed by atoms with Crippen LogP contribution in [0.2, 0.25) is 0 Å². The third-order valence-electron chi connectivity index (χ3n) is 2.70. The first-order valence-corrected chi connectivity index (χ1v) is 5.78. The fraction of sp³-hybridized carbons (Fsp3) is 0.308. The van der Waals surface area contributed by atoms with Crippen LogP contribution in [-0.2, 0) is 12.8 Å². The van der Waals surface area contributed by atoms with Crippen molar-refractivity contribution in [2.75, 3.05) is 0 Å². The summed E-state index contributed by atoms with van der Waals surface area (Å²) in [5.74, 6) is 0.610. The average molecular weight is 229 g/mol. The van der Waals surface area contributed by atoms with Gasteiger partial charge in [0.2, 0.25) is 0 Å². The summed E-state index contributed by atoms with van der Waals surface area (Å²) in [6.07, 6.45) is 4.23. The van der Waals surface area contributed by atoms with E-state index in [2.05, 4.69) is 30.0 Å². The van der Waals surface area contributed by atoms with Crippen molar-refractivity contribution < 1.29 is 4.79 Å². The van der Waals surface area contributed by atoms with Crippen molar-refractivity contribution in [3.05, 3.63) is 41.3 Å². The van der Waals surface area contributed by atoms with Crippen LogP contribution in [0.3, 0.4) is 0 Å². The Balaban J connectivity index is 2.58. The molecule has 4 nitrogen and oxygen atoms in total. The highest BCUT2D eigenvalue weighted by molar-refractivity contribution is 5.79. The van der Waals surface area contributed by atoms with Crippen molar-refractivity contribution in [1.82, 2.24) is 14.8 Å². The molecule has 0 bridgehead atoms. The molecule has 2 rings (SSSR count). The topological polar surface area (TPSA) is 47.8 Å². The van der Waals surface area contributed by atoms with Crippen molar-refractivity contribution in [2.45, 2.75) is 26.7 Å². The lowest BCUT2D eigenvalue weighted by atomic mass is 10.2. The lowest BCUT2D eigenvalue weighted by Crippen LogP contribution is -2.07. The molecule has 88 valence electrons. The summed E-state index contributed by atoms with van der Waals surface area (Å²) >= 11 is 0. The van der Waals surface area contributed by atoms with Crippen molar-refractivity contribution >= 4 is 6.29 Å². The predicted molar refractivity (Wildman–Crippen MR) is 65.5 cm³/mol. The molecule has 0 saturated heterocycles. The summed E-state index contributed by atoms with van der Waals surface area (Å²) < 4.78 is 1.77. The van der Waals surface area contributed by atoms with E-state index < -0.39 is 0 Å². The van der Waals surface area contributed by atoms with Gasteiger partial charge in [-0.15, -0.1) is 0 Å². The van der Waals surface area contributed by atoms with Gasteiger partial charge in [-0.25, -0.2) is 9.67 Å². The van der Waals surface area contributed by atoms with E-state index in [1.54, 1.807) is 23.0 Å². The minimum absolute atomic E-state index is 0.563. The third-order valence-corrected chi connectivity index (χ3v) is 2.70. The maximum absolute atomic E-state index is 11.0. The van der Waals surface area contributed by atoms with Crippen LogP contribution in [0.4, 0.5) is 0 Å². The smallest absolute Gasteiger partial charge is 0.164 e. The van der Waals surface area contributed by atoms with Crippen LogP contribution in [0.1, 0.15) is 35.6 Å². The molecule has 0 saturated carbocycles. The fourth-order valence-corrected chi connectivity index (χ4v) is 1.76. The third kappa shape index (κ3) is 2.11. The van der Waals surface area contributed by atoms with E-state index in [9.17, 15) is 4.79 Å². The first-order chi connectivity index (χ1) is 8.30. The van der Waals surface area contributed by atoms with Crippen LogP contribution >= 0.6 is 0 Å². The van der Waals surface area contributed by atoms with Gasteiger partial charge in [0.05, 0.1) is 11.3 Å². The quantitative estimate of drug-likeness (QED) is 0.755. The van der Waals surface area contributed by atoms with Gasteiger partial charge >= 0.3 is 0 Å². The first kappa shape index (κ1) is 11.5. The van der Waals surface area contributed by atoms with E-state index >= 15 is 0 Å². The van der Waals surface area contributed by atoms with Gasteiger partial charge in [0.1, 0.15) is 0 Å². The molecule has 0 N–H and O–H groups in total. The molecule has 0 aliphatic rings. The Morgan fingerprint density at radius 3 is 2.82 bits per heavy atom. The summed E-state index contributed by atoms with van der Waals surface area (Å²) in [7, 11) is 0. The SMILES string of the molecule is CCc1cc(CC)n(-c2ncccc2C=O)n1. The Bertz CT molecular complexity index is 531. The highest BCUT2D eigenvalue weighted by Gasteiger charge is 2.11. The summed E-state index contributed by atoms with van der Waals surface area (Å²) in [5, 5.41) is 4.47. The fourth-order valence-electron chi connectivity index (χ4n) is 1.76. The number of rotatable bonds is 4. The monoisotopic (exact) mass is 229 g/mol. The number of pyridine rings is 1. The van der Waals surface area contributed by atoms with E-state index in [0.717, 1.165) is 30.5 Å². The van der Waals surface area contributed by atoms with E-state index in [1.807, 2.05) is 0 Å². The minimum atomic E-state index is 0.563. The summed E-state index contributed by atoms with van der Waals surface area (Å²) in [4.78, 5) is 15.2. The summed E-state index contributed by atoms with van der Waals surface area (Å²) in [6.45, 7) is 4.13. The summed E-state index contributed by atoms with van der Waals surface area (Å²) in [6, 6.07) is 5.56. The second-order valence-corrected chi connectivity index (χ2v) is 3.78. The van der Waals surface area contributed by atoms with Crippen LogP contribution in [0.15, 0.2) is 24.4 Å². The van der Waals surface area contributed by atoms with Gasteiger partial charge in [-0.2, -0.15) is 5.10 Å². The van der Waals surface area contributed by atoms with E-state index in [4.69, 9.17) is 0 Å². The van der Waals surface area contributed by atoms with Gasteiger partial charge in [-0.1, -0.05) is 13.8 Å². The predicted octanol–water partition coefficient (Wildman–Crippen LogP) is 2.20. The van der Waals surface area contributed by atoms with Crippen molar-refractivity contribution in [3.63, 3.8) is 0 Å². The average Bonchev–Trinajstić information content (AvgIpc) is 2.81. The lowest BCUT2D eigenvalue weighted by Gasteiger charge is -2.06. The minimum Gasteiger partial charge on any atom is -0.298 e. The molecular formula is C13H15N3O. The molecule has 2 aromatic rings. The Hall–Kier alpha value is -1.97. The molecule has 0 aromatic carbocycles. The molecule has 0 spiro atoms. The lowest BCUT2D eigenvalue weighted by molar-refractivity contribution is 0.112. The van der Waals surface area contributed by atoms with Gasteiger partial charge in [-0.05, 0) is 31.0 Å². The van der Waals surface area contributed by atoms with Crippen LogP contribution in [-0.4, -0.2) is 21.1 Å². The first-order valence-electron chi connectivity index (χ1n) is 5.78. The number of aryl methyl sites for hydroxylation is 2. The highest BCUT2D eigenvalue weighted by atomic mass is 16.1. The Morgan fingerprint density at radius 2 is 2.18 bits per heavy atom. The van der Waals surface area contributed by atoms with Crippen molar-refractivity contribution in [3.8, 4) is 5.82 Å². The van der Waals surface area contributed by atoms with E-state index in [1.165, 1.54) is 0 Å². The molecule has 2 aromatic heterocycles. The molecule has 17 heavy (non-hydrogen) atoms. The van der Waals surface area contributed by atoms with Crippen molar-refractivity contribution in [1.29, 1.82) is 0 Å². The highest BCUT2D eigenvalue weighted by Crippen LogP contribution is 2.14.